The average Bonchev–Trinajstić information content (AvgIpc) is 2.87. The molecule has 4 aromatic rings. The molecule has 5 heteroatoms. The van der Waals surface area contributed by atoms with Crippen LogP contribution in [0.25, 0.3) is 10.9 Å². The summed E-state index contributed by atoms with van der Waals surface area (Å²) in [5.74, 6) is 0.722. The fourth-order valence-corrected chi connectivity index (χ4v) is 4.04. The maximum Gasteiger partial charge on any atom is 0.297 e. The van der Waals surface area contributed by atoms with Crippen LogP contribution in [-0.4, -0.2) is 9.67 Å². The lowest BCUT2D eigenvalue weighted by atomic mass is 10.1. The van der Waals surface area contributed by atoms with Gasteiger partial charge in [-0.25, -0.2) is 0 Å². The summed E-state index contributed by atoms with van der Waals surface area (Å²) in [5.41, 5.74) is 2.37. The molecule has 0 saturated heterocycles. The molecule has 0 bridgehead atoms. The first-order valence-corrected chi connectivity index (χ1v) is 11.9. The predicted molar refractivity (Wildman–Crippen MR) is 136 cm³/mol. The molecule has 1 heterocycles. The minimum absolute atomic E-state index is 0.112. The predicted octanol–water partition coefficient (Wildman–Crippen LogP) is 6.45. The van der Waals surface area contributed by atoms with Crippen LogP contribution in [-0.2, 0) is 19.8 Å². The summed E-state index contributed by atoms with van der Waals surface area (Å²) in [6.45, 7) is 3.28. The monoisotopic (exact) mass is 457 g/mol. The van der Waals surface area contributed by atoms with Crippen LogP contribution in [0.3, 0.4) is 0 Å². The first kappa shape index (κ1) is 23.4. The Morgan fingerprint density at radius 1 is 0.765 bits per heavy atom. The molecular weight excluding hydrogens is 426 g/mol. The molecule has 0 saturated carbocycles. The number of ether oxygens (including phenoxy) is 2. The maximum absolute atomic E-state index is 13.7. The number of unbranched alkanes of at least 4 members (excludes halogenated alkanes) is 3. The number of pyridine rings is 1. The second kappa shape index (κ2) is 11.4. The summed E-state index contributed by atoms with van der Waals surface area (Å²) >= 11 is 0. The van der Waals surface area contributed by atoms with Crippen molar-refractivity contribution in [3.8, 4) is 17.2 Å². The van der Waals surface area contributed by atoms with E-state index < -0.39 is 0 Å². The smallest absolute Gasteiger partial charge is 0.297 e. The fraction of sp³-hybridized carbons (Fsp3) is 0.276. The number of benzene rings is 3. The van der Waals surface area contributed by atoms with Gasteiger partial charge in [-0.1, -0.05) is 86.8 Å². The Morgan fingerprint density at radius 3 is 2.00 bits per heavy atom. The summed E-state index contributed by atoms with van der Waals surface area (Å²) in [6, 6.07) is 24.6. The van der Waals surface area contributed by atoms with Crippen molar-refractivity contribution in [1.29, 1.82) is 0 Å². The van der Waals surface area contributed by atoms with E-state index in [1.807, 2.05) is 60.7 Å². The number of hydrogen-bond acceptors (Lipinski definition) is 4. The molecule has 176 valence electrons. The Hall–Kier alpha value is -3.73. The van der Waals surface area contributed by atoms with Crippen molar-refractivity contribution in [1.82, 2.24) is 4.57 Å². The Bertz CT molecular complexity index is 1270. The number of rotatable bonds is 11. The van der Waals surface area contributed by atoms with Crippen LogP contribution in [0.1, 0.15) is 43.7 Å². The molecule has 0 aliphatic carbocycles. The lowest BCUT2D eigenvalue weighted by Gasteiger charge is -2.19. The lowest BCUT2D eigenvalue weighted by Crippen LogP contribution is -2.24. The van der Waals surface area contributed by atoms with Gasteiger partial charge in [0.2, 0.25) is 5.75 Å². The van der Waals surface area contributed by atoms with E-state index in [-0.39, 0.29) is 23.7 Å². The Kier molecular flexibility index (Phi) is 7.87. The zero-order valence-electron chi connectivity index (χ0n) is 19.6. The first-order valence-electron chi connectivity index (χ1n) is 11.9. The van der Waals surface area contributed by atoms with Crippen molar-refractivity contribution < 1.29 is 14.6 Å². The molecule has 0 aliphatic heterocycles. The van der Waals surface area contributed by atoms with Crippen molar-refractivity contribution >= 4 is 10.9 Å². The van der Waals surface area contributed by atoms with Gasteiger partial charge in [-0.3, -0.25) is 4.79 Å². The molecule has 1 aromatic heterocycles. The molecule has 5 nitrogen and oxygen atoms in total. The van der Waals surface area contributed by atoms with Gasteiger partial charge in [0.25, 0.3) is 5.56 Å². The van der Waals surface area contributed by atoms with Crippen molar-refractivity contribution in [2.75, 3.05) is 0 Å². The number of phenols is 1. The molecule has 0 unspecified atom stereocenters. The second-order valence-corrected chi connectivity index (χ2v) is 8.43. The SMILES string of the molecule is CCCCCCn1c(=O)c(OCc2ccccc2)c(OCc2ccccc2)c2ccc(O)cc21. The first-order chi connectivity index (χ1) is 16.7. The van der Waals surface area contributed by atoms with Gasteiger partial charge < -0.3 is 19.1 Å². The Balaban J connectivity index is 1.77. The topological polar surface area (TPSA) is 60.7 Å². The van der Waals surface area contributed by atoms with Gasteiger partial charge >= 0.3 is 0 Å². The van der Waals surface area contributed by atoms with Crippen LogP contribution < -0.4 is 15.0 Å². The van der Waals surface area contributed by atoms with E-state index in [4.69, 9.17) is 9.47 Å². The van der Waals surface area contributed by atoms with E-state index in [0.717, 1.165) is 42.2 Å². The van der Waals surface area contributed by atoms with Gasteiger partial charge in [-0.2, -0.15) is 0 Å². The zero-order valence-corrected chi connectivity index (χ0v) is 19.6. The second-order valence-electron chi connectivity index (χ2n) is 8.43. The molecule has 0 amide bonds. The van der Waals surface area contributed by atoms with E-state index in [0.29, 0.717) is 24.4 Å². The van der Waals surface area contributed by atoms with Crippen molar-refractivity contribution in [3.05, 3.63) is 100 Å². The van der Waals surface area contributed by atoms with E-state index in [2.05, 4.69) is 6.92 Å². The number of fused-ring (bicyclic) bond motifs is 1. The maximum atomic E-state index is 13.7. The summed E-state index contributed by atoms with van der Waals surface area (Å²) in [7, 11) is 0. The number of hydrogen-bond donors (Lipinski definition) is 1. The van der Waals surface area contributed by atoms with Crippen LogP contribution in [0, 0.1) is 0 Å². The summed E-state index contributed by atoms with van der Waals surface area (Å²) in [6.07, 6.45) is 4.15. The van der Waals surface area contributed by atoms with Gasteiger partial charge in [0.05, 0.1) is 5.52 Å². The van der Waals surface area contributed by atoms with Crippen molar-refractivity contribution in [3.63, 3.8) is 0 Å². The molecular formula is C29H31NO4. The van der Waals surface area contributed by atoms with E-state index >= 15 is 0 Å². The minimum atomic E-state index is -0.242. The Labute approximate surface area is 200 Å². The molecule has 3 aromatic carbocycles. The highest BCUT2D eigenvalue weighted by Crippen LogP contribution is 2.35. The van der Waals surface area contributed by atoms with Crippen LogP contribution >= 0.6 is 0 Å². The Morgan fingerprint density at radius 2 is 1.38 bits per heavy atom. The van der Waals surface area contributed by atoms with Gasteiger partial charge in [-0.05, 0) is 29.7 Å². The van der Waals surface area contributed by atoms with E-state index in [1.54, 1.807) is 22.8 Å². The molecule has 0 radical (unpaired) electrons. The third-order valence-electron chi connectivity index (χ3n) is 5.85. The van der Waals surface area contributed by atoms with Crippen LogP contribution in [0.15, 0.2) is 83.7 Å². The molecule has 34 heavy (non-hydrogen) atoms. The number of aromatic nitrogens is 1. The quantitative estimate of drug-likeness (QED) is 0.263. The molecule has 0 aliphatic rings. The van der Waals surface area contributed by atoms with Gasteiger partial charge in [0.15, 0.2) is 5.75 Å². The molecule has 4 rings (SSSR count). The van der Waals surface area contributed by atoms with Crippen LogP contribution in [0.5, 0.6) is 17.2 Å². The number of aryl methyl sites for hydroxylation is 1. The third-order valence-corrected chi connectivity index (χ3v) is 5.85. The minimum Gasteiger partial charge on any atom is -0.508 e. The highest BCUT2D eigenvalue weighted by molar-refractivity contribution is 5.89. The summed E-state index contributed by atoms with van der Waals surface area (Å²) in [4.78, 5) is 13.7. The highest BCUT2D eigenvalue weighted by atomic mass is 16.5. The number of nitrogens with zero attached hydrogens (tertiary/aromatic N) is 1. The van der Waals surface area contributed by atoms with Crippen molar-refractivity contribution in [2.45, 2.75) is 52.4 Å². The third kappa shape index (κ3) is 5.60. The van der Waals surface area contributed by atoms with E-state index in [9.17, 15) is 9.90 Å². The van der Waals surface area contributed by atoms with Gasteiger partial charge in [-0.15, -0.1) is 0 Å². The molecule has 0 fully saturated rings. The average molecular weight is 458 g/mol. The molecule has 0 spiro atoms. The number of phenolic OH excluding ortho intramolecular Hbond substituents is 1. The zero-order chi connectivity index (χ0) is 23.8. The lowest BCUT2D eigenvalue weighted by molar-refractivity contribution is 0.253. The largest absolute Gasteiger partial charge is 0.508 e. The summed E-state index contributed by atoms with van der Waals surface area (Å²) < 4.78 is 14.1. The van der Waals surface area contributed by atoms with E-state index in [1.165, 1.54) is 0 Å². The normalized spacial score (nSPS) is 11.0. The molecule has 1 N–H and O–H groups in total. The molecule has 0 atom stereocenters. The van der Waals surface area contributed by atoms with Crippen LogP contribution in [0.4, 0.5) is 0 Å². The van der Waals surface area contributed by atoms with Crippen molar-refractivity contribution in [2.24, 2.45) is 0 Å². The number of aromatic hydroxyl groups is 1. The standard InChI is InChI=1S/C29H31NO4/c1-2-3-4-11-18-30-26-19-24(31)16-17-25(26)27(33-20-22-12-7-5-8-13-22)28(29(30)32)34-21-23-14-9-6-10-15-23/h5-10,12-17,19,31H,2-4,11,18,20-21H2,1H3. The highest BCUT2D eigenvalue weighted by Gasteiger charge is 2.20. The summed E-state index contributed by atoms with van der Waals surface area (Å²) in [5, 5.41) is 10.9. The van der Waals surface area contributed by atoms with Gasteiger partial charge in [0.1, 0.15) is 19.0 Å². The fourth-order valence-electron chi connectivity index (χ4n) is 4.04. The van der Waals surface area contributed by atoms with Crippen LogP contribution in [0.2, 0.25) is 0 Å². The van der Waals surface area contributed by atoms with Gasteiger partial charge in [0, 0.05) is 18.0 Å².